The van der Waals surface area contributed by atoms with Gasteiger partial charge in [-0.3, -0.25) is 4.79 Å². The van der Waals surface area contributed by atoms with Gasteiger partial charge in [-0.1, -0.05) is 12.8 Å². The van der Waals surface area contributed by atoms with Crippen molar-refractivity contribution in [3.05, 3.63) is 0 Å². The zero-order valence-corrected chi connectivity index (χ0v) is 12.9. The third-order valence-electron chi connectivity index (χ3n) is 4.00. The number of hydrogen-bond acceptors (Lipinski definition) is 3. The van der Waals surface area contributed by atoms with Crippen molar-refractivity contribution in [1.29, 1.82) is 0 Å². The monoisotopic (exact) mass is 269 g/mol. The minimum Gasteiger partial charge on any atom is -0.352 e. The van der Waals surface area contributed by atoms with Crippen molar-refractivity contribution in [2.45, 2.75) is 64.5 Å². The molecule has 112 valence electrons. The second-order valence-electron chi connectivity index (χ2n) is 6.01. The largest absolute Gasteiger partial charge is 0.352 e. The molecule has 1 amide bonds. The number of carbonyl (C=O) groups excluding carboxylic acids is 1. The molecule has 2 N–H and O–H groups in total. The number of hydrogen-bond donors (Lipinski definition) is 2. The van der Waals surface area contributed by atoms with E-state index in [-0.39, 0.29) is 5.91 Å². The predicted molar refractivity (Wildman–Crippen MR) is 80.3 cm³/mol. The number of carbonyl (C=O) groups is 1. The number of amides is 1. The molecule has 0 aromatic carbocycles. The van der Waals surface area contributed by atoms with E-state index in [9.17, 15) is 4.79 Å². The average Bonchev–Trinajstić information content (AvgIpc) is 2.85. The molecule has 19 heavy (non-hydrogen) atoms. The van der Waals surface area contributed by atoms with Crippen LogP contribution >= 0.6 is 0 Å². The summed E-state index contributed by atoms with van der Waals surface area (Å²) >= 11 is 0. The van der Waals surface area contributed by atoms with Gasteiger partial charge in [0.15, 0.2) is 0 Å². The van der Waals surface area contributed by atoms with Crippen molar-refractivity contribution >= 4 is 5.91 Å². The Hall–Kier alpha value is -0.610. The molecule has 4 nitrogen and oxygen atoms in total. The first-order valence-corrected chi connectivity index (χ1v) is 7.80. The topological polar surface area (TPSA) is 44.4 Å². The molecular weight excluding hydrogens is 238 g/mol. The van der Waals surface area contributed by atoms with E-state index < -0.39 is 0 Å². The Kier molecular flexibility index (Phi) is 8.07. The molecule has 0 radical (unpaired) electrons. The maximum absolute atomic E-state index is 11.6. The van der Waals surface area contributed by atoms with Crippen LogP contribution in [0.1, 0.15) is 52.4 Å². The summed E-state index contributed by atoms with van der Waals surface area (Å²) < 4.78 is 0. The van der Waals surface area contributed by atoms with Crippen molar-refractivity contribution in [2.75, 3.05) is 26.7 Å². The lowest BCUT2D eigenvalue weighted by atomic mass is 10.2. The molecule has 0 spiro atoms. The second kappa shape index (κ2) is 9.32. The summed E-state index contributed by atoms with van der Waals surface area (Å²) in [7, 11) is 2.16. The Bertz CT molecular complexity index is 250. The number of nitrogens with one attached hydrogen (secondary N) is 2. The van der Waals surface area contributed by atoms with Gasteiger partial charge in [0, 0.05) is 12.1 Å². The van der Waals surface area contributed by atoms with E-state index in [1.165, 1.54) is 19.3 Å². The van der Waals surface area contributed by atoms with Crippen molar-refractivity contribution in [2.24, 2.45) is 0 Å². The maximum Gasteiger partial charge on any atom is 0.234 e. The summed E-state index contributed by atoms with van der Waals surface area (Å²) in [4.78, 5) is 14.0. The van der Waals surface area contributed by atoms with E-state index in [0.29, 0.717) is 18.6 Å². The molecule has 0 saturated heterocycles. The molecule has 0 bridgehead atoms. The van der Waals surface area contributed by atoms with Crippen LogP contribution in [0, 0.1) is 0 Å². The van der Waals surface area contributed by atoms with Gasteiger partial charge in [0.05, 0.1) is 6.54 Å². The molecule has 4 heteroatoms. The first-order valence-electron chi connectivity index (χ1n) is 7.80. The zero-order chi connectivity index (χ0) is 14.1. The highest BCUT2D eigenvalue weighted by atomic mass is 16.1. The van der Waals surface area contributed by atoms with E-state index in [1.807, 2.05) is 0 Å². The van der Waals surface area contributed by atoms with Crippen LogP contribution in [0.2, 0.25) is 0 Å². The van der Waals surface area contributed by atoms with Gasteiger partial charge in [-0.05, 0) is 59.7 Å². The normalized spacial score (nSPS) is 16.5. The standard InChI is InChI=1S/C15H31N3O/c1-13(2)18(3)11-7-6-10-16-12-15(19)17-14-8-4-5-9-14/h13-14,16H,4-12H2,1-3H3,(H,17,19). The lowest BCUT2D eigenvalue weighted by Crippen LogP contribution is -2.39. The fourth-order valence-electron chi connectivity index (χ4n) is 2.42. The van der Waals surface area contributed by atoms with Crippen molar-refractivity contribution in [3.63, 3.8) is 0 Å². The molecule has 0 aromatic rings. The fraction of sp³-hybridized carbons (Fsp3) is 0.933. The van der Waals surface area contributed by atoms with Crippen LogP contribution in [0.4, 0.5) is 0 Å². The van der Waals surface area contributed by atoms with E-state index in [4.69, 9.17) is 0 Å². The Labute approximate surface area is 118 Å². The third-order valence-corrected chi connectivity index (χ3v) is 4.00. The minimum absolute atomic E-state index is 0.159. The molecule has 0 heterocycles. The second-order valence-corrected chi connectivity index (χ2v) is 6.01. The predicted octanol–water partition coefficient (Wildman–Crippen LogP) is 1.76. The molecule has 1 saturated carbocycles. The Morgan fingerprint density at radius 3 is 2.58 bits per heavy atom. The lowest BCUT2D eigenvalue weighted by molar-refractivity contribution is -0.120. The van der Waals surface area contributed by atoms with Crippen molar-refractivity contribution < 1.29 is 4.79 Å². The van der Waals surface area contributed by atoms with E-state index in [2.05, 4.69) is 36.4 Å². The van der Waals surface area contributed by atoms with Gasteiger partial charge in [-0.2, -0.15) is 0 Å². The third kappa shape index (κ3) is 7.53. The SMILES string of the molecule is CC(C)N(C)CCCCNCC(=O)NC1CCCC1. The molecule has 0 unspecified atom stereocenters. The summed E-state index contributed by atoms with van der Waals surface area (Å²) in [6, 6.07) is 1.05. The van der Waals surface area contributed by atoms with Crippen LogP contribution in [-0.2, 0) is 4.79 Å². The van der Waals surface area contributed by atoms with Crippen molar-refractivity contribution in [3.8, 4) is 0 Å². The van der Waals surface area contributed by atoms with E-state index >= 15 is 0 Å². The van der Waals surface area contributed by atoms with Gasteiger partial charge in [-0.25, -0.2) is 0 Å². The summed E-state index contributed by atoms with van der Waals surface area (Å²) in [5.41, 5.74) is 0. The smallest absolute Gasteiger partial charge is 0.234 e. The van der Waals surface area contributed by atoms with Gasteiger partial charge < -0.3 is 15.5 Å². The molecule has 1 rings (SSSR count). The molecular formula is C15H31N3O. The summed E-state index contributed by atoms with van der Waals surface area (Å²) in [5.74, 6) is 0.159. The highest BCUT2D eigenvalue weighted by Gasteiger charge is 2.16. The maximum atomic E-state index is 11.6. The summed E-state index contributed by atoms with van der Waals surface area (Å²) in [6.45, 7) is 6.96. The fourth-order valence-corrected chi connectivity index (χ4v) is 2.42. The molecule has 0 aliphatic heterocycles. The molecule has 1 fully saturated rings. The van der Waals surface area contributed by atoms with Crippen LogP contribution in [0.25, 0.3) is 0 Å². The van der Waals surface area contributed by atoms with Gasteiger partial charge >= 0.3 is 0 Å². The van der Waals surface area contributed by atoms with Gasteiger partial charge in [0.2, 0.25) is 5.91 Å². The van der Waals surface area contributed by atoms with Crippen LogP contribution in [-0.4, -0.2) is 49.6 Å². The first-order chi connectivity index (χ1) is 9.09. The highest BCUT2D eigenvalue weighted by Crippen LogP contribution is 2.17. The molecule has 0 atom stereocenters. The number of nitrogens with zero attached hydrogens (tertiary/aromatic N) is 1. The molecule has 1 aliphatic rings. The van der Waals surface area contributed by atoms with Crippen LogP contribution in [0.3, 0.4) is 0 Å². The van der Waals surface area contributed by atoms with Gasteiger partial charge in [-0.15, -0.1) is 0 Å². The van der Waals surface area contributed by atoms with Crippen molar-refractivity contribution in [1.82, 2.24) is 15.5 Å². The van der Waals surface area contributed by atoms with Crippen LogP contribution in [0.5, 0.6) is 0 Å². The quantitative estimate of drug-likeness (QED) is 0.627. The first kappa shape index (κ1) is 16.4. The Morgan fingerprint density at radius 2 is 1.95 bits per heavy atom. The summed E-state index contributed by atoms with van der Waals surface area (Å²) in [6.07, 6.45) is 7.17. The number of rotatable bonds is 9. The Morgan fingerprint density at radius 1 is 1.26 bits per heavy atom. The Balaban J connectivity index is 1.91. The average molecular weight is 269 g/mol. The van der Waals surface area contributed by atoms with Gasteiger partial charge in [0.25, 0.3) is 0 Å². The lowest BCUT2D eigenvalue weighted by Gasteiger charge is -2.20. The molecule has 1 aliphatic carbocycles. The van der Waals surface area contributed by atoms with Crippen LogP contribution in [0.15, 0.2) is 0 Å². The zero-order valence-electron chi connectivity index (χ0n) is 12.9. The van der Waals surface area contributed by atoms with Gasteiger partial charge in [0.1, 0.15) is 0 Å². The van der Waals surface area contributed by atoms with E-state index in [1.54, 1.807) is 0 Å². The minimum atomic E-state index is 0.159. The highest BCUT2D eigenvalue weighted by molar-refractivity contribution is 5.78. The summed E-state index contributed by atoms with van der Waals surface area (Å²) in [5, 5.41) is 6.32. The number of unbranched alkanes of at least 4 members (excludes halogenated alkanes) is 1. The molecule has 0 aromatic heterocycles. The van der Waals surface area contributed by atoms with Crippen LogP contribution < -0.4 is 10.6 Å². The van der Waals surface area contributed by atoms with E-state index in [0.717, 1.165) is 32.4 Å².